The lowest BCUT2D eigenvalue weighted by Crippen LogP contribution is -2.46. The van der Waals surface area contributed by atoms with Gasteiger partial charge >= 0.3 is 0 Å². The van der Waals surface area contributed by atoms with Crippen LogP contribution in [0.25, 0.3) is 5.65 Å². The number of H-pyrrole nitrogens is 1. The van der Waals surface area contributed by atoms with E-state index in [1.54, 1.807) is 6.20 Å². The number of piperazine rings is 1. The quantitative estimate of drug-likeness (QED) is 0.701. The molecule has 1 aliphatic rings. The number of nitrogens with one attached hydrogen (secondary N) is 1. The Hall–Kier alpha value is -2.76. The van der Waals surface area contributed by atoms with Gasteiger partial charge in [0.05, 0.1) is 5.56 Å². The number of anilines is 1. The number of rotatable bonds is 2. The summed E-state index contributed by atoms with van der Waals surface area (Å²) in [5.41, 5.74) is 1.48. The minimum atomic E-state index is 0.621. The molecule has 3 aromatic rings. The zero-order valence-electron chi connectivity index (χ0n) is 14.7. The van der Waals surface area contributed by atoms with Crippen LogP contribution in [0.3, 0.4) is 0 Å². The van der Waals surface area contributed by atoms with Gasteiger partial charge in [-0.15, -0.1) is 0 Å². The predicted molar refractivity (Wildman–Crippen MR) is 104 cm³/mol. The Bertz CT molecular complexity index is 930. The first-order chi connectivity index (χ1) is 12.7. The summed E-state index contributed by atoms with van der Waals surface area (Å²) in [4.78, 5) is 9.01. The summed E-state index contributed by atoms with van der Waals surface area (Å²) in [7, 11) is 0. The highest BCUT2D eigenvalue weighted by molar-refractivity contribution is 7.71. The van der Waals surface area contributed by atoms with Crippen LogP contribution in [0.2, 0.25) is 0 Å². The summed E-state index contributed by atoms with van der Waals surface area (Å²) in [5, 5.41) is 15.4. The molecule has 0 bridgehead atoms. The molecule has 1 N–H and O–H groups in total. The van der Waals surface area contributed by atoms with Gasteiger partial charge in [-0.3, -0.25) is 9.50 Å². The summed E-state index contributed by atoms with van der Waals surface area (Å²) in [6.45, 7) is 7.54. The molecule has 1 saturated heterocycles. The third-order valence-electron chi connectivity index (χ3n) is 4.34. The van der Waals surface area contributed by atoms with Crippen molar-refractivity contribution in [3.05, 3.63) is 53.1 Å². The zero-order valence-corrected chi connectivity index (χ0v) is 15.5. The van der Waals surface area contributed by atoms with Crippen LogP contribution in [0, 0.1) is 16.1 Å². The first-order valence-corrected chi connectivity index (χ1v) is 8.97. The van der Waals surface area contributed by atoms with E-state index < -0.39 is 0 Å². The van der Waals surface area contributed by atoms with Gasteiger partial charge in [-0.05, 0) is 43.0 Å². The van der Waals surface area contributed by atoms with E-state index in [1.165, 1.54) is 0 Å². The number of nitriles is 1. The van der Waals surface area contributed by atoms with Crippen LogP contribution in [0.15, 0.2) is 42.7 Å². The van der Waals surface area contributed by atoms with Crippen LogP contribution in [-0.2, 0) is 0 Å². The standard InChI is InChI=1S/C12H16N4.C6H5N3S/c1-2-15-5-7-16(8-6-15)12-4-3-11(9-13)10-14-12;10-6-8-7-5-3-1-2-4-9(5)6/h3-4,10H,2,5-8H2,1H3;1-4H,(H,8,10). The average molecular weight is 367 g/mol. The maximum atomic E-state index is 8.70. The molecular formula is C18H21N7S. The van der Waals surface area contributed by atoms with Gasteiger partial charge in [-0.25, -0.2) is 4.98 Å². The van der Waals surface area contributed by atoms with E-state index in [1.807, 2.05) is 40.9 Å². The fourth-order valence-electron chi connectivity index (χ4n) is 2.79. The van der Waals surface area contributed by atoms with Crippen molar-refractivity contribution >= 4 is 23.7 Å². The Kier molecular flexibility index (Phi) is 5.94. The van der Waals surface area contributed by atoms with Gasteiger partial charge in [-0.2, -0.15) is 10.4 Å². The Labute approximate surface area is 157 Å². The summed E-state index contributed by atoms with van der Waals surface area (Å²) in [5.74, 6) is 0.981. The van der Waals surface area contributed by atoms with Crippen molar-refractivity contribution < 1.29 is 0 Å². The molecule has 0 amide bonds. The molecule has 4 rings (SSSR count). The SMILES string of the molecule is CCN1CCN(c2ccc(C#N)cn2)CC1.S=c1[nH]nc2ccccn12. The molecule has 0 spiro atoms. The van der Waals surface area contributed by atoms with Crippen LogP contribution in [0.1, 0.15) is 12.5 Å². The van der Waals surface area contributed by atoms with E-state index in [-0.39, 0.29) is 0 Å². The van der Waals surface area contributed by atoms with Crippen molar-refractivity contribution in [2.75, 3.05) is 37.6 Å². The topological polar surface area (TPSA) is 76.2 Å². The highest BCUT2D eigenvalue weighted by Gasteiger charge is 2.16. The van der Waals surface area contributed by atoms with Crippen molar-refractivity contribution in [2.24, 2.45) is 0 Å². The fraction of sp³-hybridized carbons (Fsp3) is 0.333. The van der Waals surface area contributed by atoms with Crippen molar-refractivity contribution in [1.82, 2.24) is 24.5 Å². The van der Waals surface area contributed by atoms with Gasteiger partial charge < -0.3 is 9.80 Å². The molecule has 0 aliphatic carbocycles. The lowest BCUT2D eigenvalue weighted by atomic mass is 10.2. The Morgan fingerprint density at radius 2 is 2.00 bits per heavy atom. The van der Waals surface area contributed by atoms with Crippen molar-refractivity contribution in [2.45, 2.75) is 6.92 Å². The van der Waals surface area contributed by atoms with E-state index in [0.717, 1.165) is 44.2 Å². The van der Waals surface area contributed by atoms with Crippen LogP contribution >= 0.6 is 12.2 Å². The number of hydrogen-bond donors (Lipinski definition) is 1. The van der Waals surface area contributed by atoms with E-state index in [4.69, 9.17) is 17.5 Å². The molecule has 0 saturated carbocycles. The van der Waals surface area contributed by atoms with E-state index >= 15 is 0 Å². The van der Waals surface area contributed by atoms with Crippen LogP contribution in [0.5, 0.6) is 0 Å². The van der Waals surface area contributed by atoms with Gasteiger partial charge in [0.15, 0.2) is 10.4 Å². The lowest BCUT2D eigenvalue weighted by molar-refractivity contribution is 0.270. The van der Waals surface area contributed by atoms with Gasteiger partial charge in [0.1, 0.15) is 11.9 Å². The number of pyridine rings is 2. The predicted octanol–water partition coefficient (Wildman–Crippen LogP) is 2.49. The molecule has 7 nitrogen and oxygen atoms in total. The molecule has 134 valence electrons. The van der Waals surface area contributed by atoms with Gasteiger partial charge in [0.25, 0.3) is 0 Å². The number of aromatic amines is 1. The number of nitrogens with zero attached hydrogens (tertiary/aromatic N) is 6. The fourth-order valence-corrected chi connectivity index (χ4v) is 2.99. The second-order valence-corrected chi connectivity index (χ2v) is 6.28. The molecule has 0 aromatic carbocycles. The van der Waals surface area contributed by atoms with Gasteiger partial charge in [0, 0.05) is 38.6 Å². The second kappa shape index (κ2) is 8.56. The maximum absolute atomic E-state index is 8.70. The summed E-state index contributed by atoms with van der Waals surface area (Å²) < 4.78 is 2.45. The molecule has 4 heterocycles. The van der Waals surface area contributed by atoms with Gasteiger partial charge in [-0.1, -0.05) is 13.0 Å². The molecule has 0 atom stereocenters. The first kappa shape index (κ1) is 18.0. The highest BCUT2D eigenvalue weighted by atomic mass is 32.1. The average Bonchev–Trinajstić information content (AvgIpc) is 3.10. The summed E-state index contributed by atoms with van der Waals surface area (Å²) in [6, 6.07) is 11.6. The summed E-state index contributed by atoms with van der Waals surface area (Å²) >= 11 is 4.93. The van der Waals surface area contributed by atoms with Gasteiger partial charge in [0.2, 0.25) is 0 Å². The number of fused-ring (bicyclic) bond motifs is 1. The van der Waals surface area contributed by atoms with E-state index in [2.05, 4.69) is 38.0 Å². The molecule has 26 heavy (non-hydrogen) atoms. The monoisotopic (exact) mass is 367 g/mol. The molecular weight excluding hydrogens is 346 g/mol. The minimum absolute atomic E-state index is 0.621. The molecule has 3 aromatic heterocycles. The molecule has 0 unspecified atom stereocenters. The van der Waals surface area contributed by atoms with E-state index in [9.17, 15) is 0 Å². The lowest BCUT2D eigenvalue weighted by Gasteiger charge is -2.34. The zero-order chi connectivity index (χ0) is 18.4. The maximum Gasteiger partial charge on any atom is 0.199 e. The van der Waals surface area contributed by atoms with Crippen LogP contribution in [0.4, 0.5) is 5.82 Å². The van der Waals surface area contributed by atoms with Crippen molar-refractivity contribution in [3.8, 4) is 6.07 Å². The van der Waals surface area contributed by atoms with Crippen molar-refractivity contribution in [1.29, 1.82) is 5.26 Å². The Morgan fingerprint density at radius 1 is 1.19 bits per heavy atom. The molecule has 1 fully saturated rings. The Balaban J connectivity index is 0.000000167. The highest BCUT2D eigenvalue weighted by Crippen LogP contribution is 2.13. The summed E-state index contributed by atoms with van der Waals surface area (Å²) in [6.07, 6.45) is 3.52. The largest absolute Gasteiger partial charge is 0.354 e. The number of aromatic nitrogens is 4. The first-order valence-electron chi connectivity index (χ1n) is 8.56. The minimum Gasteiger partial charge on any atom is -0.354 e. The third-order valence-corrected chi connectivity index (χ3v) is 4.63. The number of likely N-dealkylation sites (N-methyl/N-ethyl adjacent to an activating group) is 1. The molecule has 0 radical (unpaired) electrons. The van der Waals surface area contributed by atoms with Crippen LogP contribution < -0.4 is 4.90 Å². The second-order valence-electron chi connectivity index (χ2n) is 5.90. The third kappa shape index (κ3) is 4.25. The molecule has 8 heteroatoms. The number of hydrogen-bond acceptors (Lipinski definition) is 6. The molecule has 1 aliphatic heterocycles. The normalized spacial score (nSPS) is 14.5. The van der Waals surface area contributed by atoms with Crippen LogP contribution in [-0.4, -0.2) is 57.2 Å². The van der Waals surface area contributed by atoms with E-state index in [0.29, 0.717) is 10.3 Å². The smallest absolute Gasteiger partial charge is 0.199 e. The van der Waals surface area contributed by atoms with Crippen molar-refractivity contribution in [3.63, 3.8) is 0 Å². The Morgan fingerprint density at radius 3 is 2.62 bits per heavy atom.